The van der Waals surface area contributed by atoms with Crippen LogP contribution in [0.4, 0.5) is 15.8 Å². The summed E-state index contributed by atoms with van der Waals surface area (Å²) in [7, 11) is -3.99. The largest absolute Gasteiger partial charge is 0.379 e. The Morgan fingerprint density at radius 3 is 2.71 bits per heavy atom. The second kappa shape index (κ2) is 7.70. The summed E-state index contributed by atoms with van der Waals surface area (Å²) in [5.41, 5.74) is 1.07. The van der Waals surface area contributed by atoms with Gasteiger partial charge in [-0.1, -0.05) is 23.9 Å². The first-order chi connectivity index (χ1) is 13.4. The van der Waals surface area contributed by atoms with Crippen molar-refractivity contribution in [2.75, 3.05) is 36.9 Å². The zero-order valence-electron chi connectivity index (χ0n) is 14.7. The third-order valence-corrected chi connectivity index (χ3v) is 7.54. The number of halogens is 1. The molecule has 1 fully saturated rings. The zero-order valence-corrected chi connectivity index (χ0v) is 16.4. The molecule has 2 aliphatic rings. The van der Waals surface area contributed by atoms with Crippen LogP contribution in [0.1, 0.15) is 0 Å². The first-order valence-corrected chi connectivity index (χ1v) is 11.0. The van der Waals surface area contributed by atoms with E-state index in [1.807, 2.05) is 18.2 Å². The Morgan fingerprint density at radius 1 is 1.18 bits per heavy atom. The molecular formula is C18H18FN3O4S2. The SMILES string of the molecule is O=C1Nc2ccccc2S[C@H]1Nc1ccc(F)c(S(=O)(=O)N2CCOCC2)c1. The van der Waals surface area contributed by atoms with Crippen LogP contribution in [-0.2, 0) is 19.6 Å². The fourth-order valence-electron chi connectivity index (χ4n) is 3.01. The first kappa shape index (κ1) is 19.2. The Labute approximate surface area is 166 Å². The van der Waals surface area contributed by atoms with Crippen LogP contribution in [0, 0.1) is 5.82 Å². The van der Waals surface area contributed by atoms with Gasteiger partial charge in [-0.3, -0.25) is 4.79 Å². The summed E-state index contributed by atoms with van der Waals surface area (Å²) in [6.07, 6.45) is 0. The second-order valence-electron chi connectivity index (χ2n) is 6.29. The van der Waals surface area contributed by atoms with Crippen LogP contribution in [0.3, 0.4) is 0 Å². The van der Waals surface area contributed by atoms with Crippen molar-refractivity contribution in [1.29, 1.82) is 0 Å². The summed E-state index contributed by atoms with van der Waals surface area (Å²) in [5.74, 6) is -1.09. The zero-order chi connectivity index (χ0) is 19.7. The van der Waals surface area contributed by atoms with Gasteiger partial charge in [0.2, 0.25) is 10.0 Å². The van der Waals surface area contributed by atoms with E-state index in [0.29, 0.717) is 5.69 Å². The summed E-state index contributed by atoms with van der Waals surface area (Å²) in [6, 6.07) is 11.1. The highest BCUT2D eigenvalue weighted by molar-refractivity contribution is 8.01. The number of rotatable bonds is 4. The molecule has 2 aliphatic heterocycles. The summed E-state index contributed by atoms with van der Waals surface area (Å²) >= 11 is 1.31. The van der Waals surface area contributed by atoms with Gasteiger partial charge in [0.1, 0.15) is 10.7 Å². The van der Waals surface area contributed by atoms with E-state index < -0.39 is 26.1 Å². The van der Waals surface area contributed by atoms with Crippen molar-refractivity contribution in [3.8, 4) is 0 Å². The van der Waals surface area contributed by atoms with Crippen molar-refractivity contribution in [3.63, 3.8) is 0 Å². The van der Waals surface area contributed by atoms with E-state index >= 15 is 0 Å². The molecule has 2 aromatic rings. The molecule has 2 N–H and O–H groups in total. The monoisotopic (exact) mass is 423 g/mol. The predicted molar refractivity (Wildman–Crippen MR) is 104 cm³/mol. The maximum Gasteiger partial charge on any atom is 0.257 e. The van der Waals surface area contributed by atoms with E-state index in [0.717, 1.165) is 16.6 Å². The molecule has 4 rings (SSSR count). The van der Waals surface area contributed by atoms with E-state index in [9.17, 15) is 17.6 Å². The molecule has 0 unspecified atom stereocenters. The number of morpholine rings is 1. The average Bonchev–Trinajstić information content (AvgIpc) is 2.70. The van der Waals surface area contributed by atoms with E-state index in [1.54, 1.807) is 6.07 Å². The number of hydrogen-bond acceptors (Lipinski definition) is 6. The van der Waals surface area contributed by atoms with Crippen LogP contribution in [0.5, 0.6) is 0 Å². The number of para-hydroxylation sites is 1. The molecule has 0 aromatic heterocycles. The summed E-state index contributed by atoms with van der Waals surface area (Å²) in [4.78, 5) is 12.8. The Morgan fingerprint density at radius 2 is 1.93 bits per heavy atom. The lowest BCUT2D eigenvalue weighted by molar-refractivity contribution is -0.115. The molecule has 0 saturated carbocycles. The van der Waals surface area contributed by atoms with Crippen molar-refractivity contribution < 1.29 is 22.3 Å². The van der Waals surface area contributed by atoms with Gasteiger partial charge in [0.05, 0.1) is 18.9 Å². The van der Waals surface area contributed by atoms with E-state index in [1.165, 1.54) is 28.2 Å². The number of ether oxygens (including phenoxy) is 1. The molecule has 0 bridgehead atoms. The number of benzene rings is 2. The number of hydrogen-bond donors (Lipinski definition) is 2. The standard InChI is InChI=1S/C18H18FN3O4S2/c19-13-6-5-12(11-16(13)28(24,25)22-7-9-26-10-8-22)20-18-17(23)21-14-3-1-2-4-15(14)27-18/h1-6,11,18,20H,7-10H2,(H,21,23)/t18-/m1/s1. The number of nitrogens with one attached hydrogen (secondary N) is 2. The number of thioether (sulfide) groups is 1. The van der Waals surface area contributed by atoms with Crippen molar-refractivity contribution >= 4 is 39.1 Å². The second-order valence-corrected chi connectivity index (χ2v) is 9.34. The molecule has 10 heteroatoms. The summed E-state index contributed by atoms with van der Waals surface area (Å²) in [6.45, 7) is 0.905. The minimum absolute atomic E-state index is 0.178. The number of carbonyl (C=O) groups is 1. The molecule has 28 heavy (non-hydrogen) atoms. The van der Waals surface area contributed by atoms with E-state index in [-0.39, 0.29) is 32.2 Å². The van der Waals surface area contributed by atoms with Crippen LogP contribution >= 0.6 is 11.8 Å². The van der Waals surface area contributed by atoms with E-state index in [2.05, 4.69) is 10.6 Å². The molecule has 1 atom stereocenters. The number of nitrogens with zero attached hydrogens (tertiary/aromatic N) is 1. The van der Waals surface area contributed by atoms with Crippen LogP contribution in [-0.4, -0.2) is 50.3 Å². The number of sulfonamides is 1. The lowest BCUT2D eigenvalue weighted by atomic mass is 10.3. The number of fused-ring (bicyclic) bond motifs is 1. The van der Waals surface area contributed by atoms with Gasteiger partial charge in [0.15, 0.2) is 5.37 Å². The van der Waals surface area contributed by atoms with Gasteiger partial charge >= 0.3 is 0 Å². The third-order valence-electron chi connectivity index (χ3n) is 4.44. The number of anilines is 2. The van der Waals surface area contributed by atoms with Gasteiger partial charge in [-0.15, -0.1) is 0 Å². The quantitative estimate of drug-likeness (QED) is 0.785. The number of amides is 1. The molecule has 0 radical (unpaired) electrons. The molecule has 1 amide bonds. The van der Waals surface area contributed by atoms with Crippen LogP contribution < -0.4 is 10.6 Å². The van der Waals surface area contributed by atoms with Crippen molar-refractivity contribution in [2.45, 2.75) is 15.2 Å². The van der Waals surface area contributed by atoms with E-state index in [4.69, 9.17) is 4.74 Å². The Hall–Kier alpha value is -2.14. The molecule has 0 spiro atoms. The molecule has 0 aliphatic carbocycles. The van der Waals surface area contributed by atoms with Gasteiger partial charge in [-0.05, 0) is 30.3 Å². The Kier molecular flexibility index (Phi) is 5.28. The Bertz CT molecular complexity index is 1010. The molecule has 1 saturated heterocycles. The Balaban J connectivity index is 1.58. The first-order valence-electron chi connectivity index (χ1n) is 8.66. The maximum atomic E-state index is 14.3. The van der Waals surface area contributed by atoms with Gasteiger partial charge < -0.3 is 15.4 Å². The molecule has 7 nitrogen and oxygen atoms in total. The molecule has 2 heterocycles. The highest BCUT2D eigenvalue weighted by Gasteiger charge is 2.31. The summed E-state index contributed by atoms with van der Waals surface area (Å²) < 4.78 is 46.3. The lowest BCUT2D eigenvalue weighted by Gasteiger charge is -2.27. The minimum Gasteiger partial charge on any atom is -0.379 e. The third kappa shape index (κ3) is 3.72. The van der Waals surface area contributed by atoms with Crippen molar-refractivity contribution in [3.05, 3.63) is 48.3 Å². The fourth-order valence-corrected chi connectivity index (χ4v) is 5.53. The smallest absolute Gasteiger partial charge is 0.257 e. The number of carbonyl (C=O) groups excluding carboxylic acids is 1. The topological polar surface area (TPSA) is 87.7 Å². The van der Waals surface area contributed by atoms with Crippen LogP contribution in [0.2, 0.25) is 0 Å². The van der Waals surface area contributed by atoms with Crippen LogP contribution in [0.25, 0.3) is 0 Å². The predicted octanol–water partition coefficient (Wildman–Crippen LogP) is 2.33. The van der Waals surface area contributed by atoms with Gasteiger partial charge in [0.25, 0.3) is 5.91 Å². The molecule has 148 valence electrons. The lowest BCUT2D eigenvalue weighted by Crippen LogP contribution is -2.41. The highest BCUT2D eigenvalue weighted by Crippen LogP contribution is 2.36. The van der Waals surface area contributed by atoms with Gasteiger partial charge in [-0.2, -0.15) is 4.31 Å². The van der Waals surface area contributed by atoms with Crippen molar-refractivity contribution in [1.82, 2.24) is 4.31 Å². The molecule has 2 aromatic carbocycles. The van der Waals surface area contributed by atoms with Crippen LogP contribution in [0.15, 0.2) is 52.3 Å². The highest BCUT2D eigenvalue weighted by atomic mass is 32.2. The van der Waals surface area contributed by atoms with Crippen molar-refractivity contribution in [2.24, 2.45) is 0 Å². The average molecular weight is 423 g/mol. The fraction of sp³-hybridized carbons (Fsp3) is 0.278. The maximum absolute atomic E-state index is 14.3. The van der Waals surface area contributed by atoms with Gasteiger partial charge in [0, 0.05) is 23.7 Å². The summed E-state index contributed by atoms with van der Waals surface area (Å²) in [5, 5.41) is 5.12. The minimum atomic E-state index is -3.99. The van der Waals surface area contributed by atoms with Gasteiger partial charge in [-0.25, -0.2) is 12.8 Å². The normalized spacial score (nSPS) is 20.3. The molecular weight excluding hydrogens is 405 g/mol.